The molecule has 4 nitrogen and oxygen atoms in total. The van der Waals surface area contributed by atoms with Gasteiger partial charge in [0.1, 0.15) is 11.9 Å². The Morgan fingerprint density at radius 2 is 2.06 bits per heavy atom. The van der Waals surface area contributed by atoms with E-state index in [0.29, 0.717) is 11.7 Å². The van der Waals surface area contributed by atoms with Crippen LogP contribution >= 0.6 is 0 Å². The molecular formula is C14H18N4. The van der Waals surface area contributed by atoms with Crippen LogP contribution in [0, 0.1) is 17.2 Å². The van der Waals surface area contributed by atoms with Gasteiger partial charge >= 0.3 is 0 Å². The van der Waals surface area contributed by atoms with Crippen molar-refractivity contribution >= 4 is 5.82 Å². The Bertz CT molecular complexity index is 461. The zero-order valence-electron chi connectivity index (χ0n) is 10.5. The van der Waals surface area contributed by atoms with Gasteiger partial charge in [0, 0.05) is 12.6 Å². The third-order valence-electron chi connectivity index (χ3n) is 4.27. The Morgan fingerprint density at radius 1 is 1.17 bits per heavy atom. The minimum absolute atomic E-state index is 0.422. The molecule has 18 heavy (non-hydrogen) atoms. The molecule has 0 amide bonds. The van der Waals surface area contributed by atoms with Gasteiger partial charge in [-0.1, -0.05) is 6.42 Å². The first-order chi connectivity index (χ1) is 8.88. The number of nitrogens with zero attached hydrogens (tertiary/aromatic N) is 4. The first kappa shape index (κ1) is 11.5. The van der Waals surface area contributed by atoms with Gasteiger partial charge in [-0.25, -0.2) is 4.98 Å². The number of anilines is 1. The average Bonchev–Trinajstić information content (AvgIpc) is 2.37. The maximum atomic E-state index is 8.92. The summed E-state index contributed by atoms with van der Waals surface area (Å²) in [6.45, 7) is 1.06. The summed E-state index contributed by atoms with van der Waals surface area (Å²) in [5.74, 6) is 1.73. The van der Waals surface area contributed by atoms with Crippen molar-refractivity contribution in [3.05, 3.63) is 18.1 Å². The Morgan fingerprint density at radius 3 is 2.78 bits per heavy atom. The van der Waals surface area contributed by atoms with Crippen LogP contribution in [-0.2, 0) is 0 Å². The molecule has 4 heteroatoms. The monoisotopic (exact) mass is 242 g/mol. The number of nitriles is 1. The van der Waals surface area contributed by atoms with Crippen molar-refractivity contribution in [1.29, 1.82) is 5.26 Å². The van der Waals surface area contributed by atoms with Crippen LogP contribution in [0.5, 0.6) is 0 Å². The van der Waals surface area contributed by atoms with Crippen molar-refractivity contribution in [2.75, 3.05) is 11.4 Å². The van der Waals surface area contributed by atoms with Gasteiger partial charge in [0.25, 0.3) is 0 Å². The number of piperidine rings is 1. The molecule has 0 spiro atoms. The van der Waals surface area contributed by atoms with E-state index >= 15 is 0 Å². The predicted octanol–water partition coefficient (Wildman–Crippen LogP) is 2.51. The van der Waals surface area contributed by atoms with E-state index in [1.54, 1.807) is 6.20 Å². The molecule has 3 rings (SSSR count). The molecule has 2 fully saturated rings. The SMILES string of the molecule is N#Cc1cncc(N2CCCC[C@H]2C2CCC2)n1. The van der Waals surface area contributed by atoms with E-state index < -0.39 is 0 Å². The molecule has 1 aromatic heterocycles. The van der Waals surface area contributed by atoms with Gasteiger partial charge in [-0.05, 0) is 38.0 Å². The van der Waals surface area contributed by atoms with Crippen molar-refractivity contribution < 1.29 is 0 Å². The lowest BCUT2D eigenvalue weighted by Gasteiger charge is -2.44. The van der Waals surface area contributed by atoms with E-state index in [1.807, 2.05) is 0 Å². The standard InChI is InChI=1S/C14H18N4/c15-8-12-9-16-10-14(17-12)18-7-2-1-6-13(18)11-4-3-5-11/h9-11,13H,1-7H2/t13-/m0/s1. The molecule has 2 heterocycles. The van der Waals surface area contributed by atoms with Crippen molar-refractivity contribution in [1.82, 2.24) is 9.97 Å². The first-order valence-corrected chi connectivity index (χ1v) is 6.87. The third-order valence-corrected chi connectivity index (χ3v) is 4.27. The molecule has 0 unspecified atom stereocenters. The van der Waals surface area contributed by atoms with Gasteiger partial charge in [0.05, 0.1) is 12.4 Å². The molecule has 1 aliphatic heterocycles. The number of rotatable bonds is 2. The topological polar surface area (TPSA) is 52.8 Å². The average molecular weight is 242 g/mol. The fraction of sp³-hybridized carbons (Fsp3) is 0.643. The van der Waals surface area contributed by atoms with Crippen LogP contribution in [0.1, 0.15) is 44.2 Å². The summed E-state index contributed by atoms with van der Waals surface area (Å²) in [7, 11) is 0. The summed E-state index contributed by atoms with van der Waals surface area (Å²) in [5.41, 5.74) is 0.422. The molecule has 2 aliphatic rings. The van der Waals surface area contributed by atoms with E-state index in [2.05, 4.69) is 20.9 Å². The Kier molecular flexibility index (Phi) is 3.14. The van der Waals surface area contributed by atoms with Crippen molar-refractivity contribution in [3.8, 4) is 6.07 Å². The van der Waals surface area contributed by atoms with Gasteiger partial charge in [-0.15, -0.1) is 0 Å². The highest BCUT2D eigenvalue weighted by Gasteiger charge is 2.34. The number of aromatic nitrogens is 2. The zero-order valence-corrected chi connectivity index (χ0v) is 10.5. The molecule has 0 radical (unpaired) electrons. The Hall–Kier alpha value is -1.63. The minimum atomic E-state index is 0.422. The van der Waals surface area contributed by atoms with Crippen LogP contribution in [0.3, 0.4) is 0 Å². The van der Waals surface area contributed by atoms with Crippen molar-refractivity contribution in [2.24, 2.45) is 5.92 Å². The van der Waals surface area contributed by atoms with E-state index in [-0.39, 0.29) is 0 Å². The highest BCUT2D eigenvalue weighted by Crippen LogP contribution is 2.37. The maximum Gasteiger partial charge on any atom is 0.161 e. The lowest BCUT2D eigenvalue weighted by molar-refractivity contribution is 0.225. The molecule has 0 bridgehead atoms. The van der Waals surface area contributed by atoms with Crippen LogP contribution in [0.4, 0.5) is 5.82 Å². The Balaban J connectivity index is 1.84. The van der Waals surface area contributed by atoms with E-state index in [1.165, 1.54) is 44.7 Å². The Labute approximate surface area is 108 Å². The summed E-state index contributed by atoms with van der Waals surface area (Å²) in [5, 5.41) is 8.92. The molecular weight excluding hydrogens is 224 g/mol. The first-order valence-electron chi connectivity index (χ1n) is 6.87. The highest BCUT2D eigenvalue weighted by molar-refractivity contribution is 5.40. The van der Waals surface area contributed by atoms with Crippen LogP contribution in [0.15, 0.2) is 12.4 Å². The third kappa shape index (κ3) is 2.05. The fourth-order valence-corrected chi connectivity index (χ4v) is 3.10. The smallest absolute Gasteiger partial charge is 0.161 e. The van der Waals surface area contributed by atoms with Gasteiger partial charge in [0.15, 0.2) is 5.69 Å². The van der Waals surface area contributed by atoms with E-state index in [0.717, 1.165) is 18.3 Å². The highest BCUT2D eigenvalue weighted by atomic mass is 15.2. The van der Waals surface area contributed by atoms with Gasteiger partial charge in [0.2, 0.25) is 0 Å². The van der Waals surface area contributed by atoms with E-state index in [4.69, 9.17) is 5.26 Å². The molecule has 94 valence electrons. The zero-order chi connectivity index (χ0) is 12.4. The normalized spacial score (nSPS) is 24.4. The second-order valence-electron chi connectivity index (χ2n) is 5.32. The maximum absolute atomic E-state index is 8.92. The number of hydrogen-bond donors (Lipinski definition) is 0. The number of hydrogen-bond acceptors (Lipinski definition) is 4. The lowest BCUT2D eigenvalue weighted by Crippen LogP contribution is -2.46. The molecule has 0 N–H and O–H groups in total. The largest absolute Gasteiger partial charge is 0.352 e. The van der Waals surface area contributed by atoms with Crippen molar-refractivity contribution in [2.45, 2.75) is 44.6 Å². The van der Waals surface area contributed by atoms with Gasteiger partial charge in [-0.2, -0.15) is 5.26 Å². The van der Waals surface area contributed by atoms with Crippen LogP contribution < -0.4 is 4.90 Å². The van der Waals surface area contributed by atoms with Gasteiger partial charge in [-0.3, -0.25) is 4.98 Å². The van der Waals surface area contributed by atoms with E-state index in [9.17, 15) is 0 Å². The predicted molar refractivity (Wildman–Crippen MR) is 69.1 cm³/mol. The van der Waals surface area contributed by atoms with Crippen LogP contribution in [-0.4, -0.2) is 22.6 Å². The lowest BCUT2D eigenvalue weighted by atomic mass is 9.76. The van der Waals surface area contributed by atoms with Crippen LogP contribution in [0.2, 0.25) is 0 Å². The summed E-state index contributed by atoms with van der Waals surface area (Å²) < 4.78 is 0. The summed E-state index contributed by atoms with van der Waals surface area (Å²) in [4.78, 5) is 10.9. The quantitative estimate of drug-likeness (QED) is 0.799. The van der Waals surface area contributed by atoms with Gasteiger partial charge < -0.3 is 4.90 Å². The minimum Gasteiger partial charge on any atom is -0.352 e. The summed E-state index contributed by atoms with van der Waals surface area (Å²) in [6.07, 6.45) is 11.2. The second-order valence-corrected chi connectivity index (χ2v) is 5.32. The van der Waals surface area contributed by atoms with Crippen LogP contribution in [0.25, 0.3) is 0 Å². The molecule has 1 saturated heterocycles. The van der Waals surface area contributed by atoms with Crippen molar-refractivity contribution in [3.63, 3.8) is 0 Å². The second kappa shape index (κ2) is 4.93. The fourth-order valence-electron chi connectivity index (χ4n) is 3.10. The molecule has 1 aromatic rings. The molecule has 1 aliphatic carbocycles. The summed E-state index contributed by atoms with van der Waals surface area (Å²) in [6, 6.07) is 2.70. The molecule has 1 saturated carbocycles. The molecule has 1 atom stereocenters. The molecule has 0 aromatic carbocycles. The summed E-state index contributed by atoms with van der Waals surface area (Å²) >= 11 is 0.